The molecular formula is C9H7ClO5. The molecule has 0 radical (unpaired) electrons. The maximum Gasteiger partial charge on any atom is 0.339 e. The fraction of sp³-hybridized carbons (Fsp3) is 0.111. The number of methoxy groups -OCH3 is 1. The summed E-state index contributed by atoms with van der Waals surface area (Å²) in [6.45, 7) is 0. The van der Waals surface area contributed by atoms with Crippen LogP contribution in [0.15, 0.2) is 12.1 Å². The highest BCUT2D eigenvalue weighted by Gasteiger charge is 2.17. The summed E-state index contributed by atoms with van der Waals surface area (Å²) in [7, 11) is 1.25. The molecule has 80 valence electrons. The van der Waals surface area contributed by atoms with E-state index in [2.05, 4.69) is 0 Å². The van der Waals surface area contributed by atoms with Crippen molar-refractivity contribution >= 4 is 23.5 Å². The van der Waals surface area contributed by atoms with Crippen molar-refractivity contribution < 1.29 is 24.5 Å². The number of carboxylic acids is 2. The number of ether oxygens (including phenoxy) is 1. The average Bonchev–Trinajstić information content (AvgIpc) is 2.16. The van der Waals surface area contributed by atoms with Crippen molar-refractivity contribution in [2.24, 2.45) is 0 Å². The van der Waals surface area contributed by atoms with Crippen molar-refractivity contribution in [2.75, 3.05) is 7.11 Å². The van der Waals surface area contributed by atoms with E-state index in [1.807, 2.05) is 0 Å². The summed E-state index contributed by atoms with van der Waals surface area (Å²) in [6.07, 6.45) is 0. The lowest BCUT2D eigenvalue weighted by atomic mass is 10.1. The van der Waals surface area contributed by atoms with Gasteiger partial charge in [-0.25, -0.2) is 9.59 Å². The number of rotatable bonds is 3. The van der Waals surface area contributed by atoms with Crippen molar-refractivity contribution in [2.45, 2.75) is 0 Å². The maximum atomic E-state index is 10.7. The van der Waals surface area contributed by atoms with Crippen LogP contribution in [-0.2, 0) is 0 Å². The van der Waals surface area contributed by atoms with Crippen molar-refractivity contribution in [1.29, 1.82) is 0 Å². The molecule has 0 aromatic heterocycles. The average molecular weight is 231 g/mol. The van der Waals surface area contributed by atoms with Crippen LogP contribution < -0.4 is 4.74 Å². The number of benzene rings is 1. The van der Waals surface area contributed by atoms with Crippen LogP contribution in [0, 0.1) is 0 Å². The molecule has 0 saturated carbocycles. The van der Waals surface area contributed by atoms with Crippen molar-refractivity contribution in [3.63, 3.8) is 0 Å². The van der Waals surface area contributed by atoms with E-state index in [0.717, 1.165) is 12.1 Å². The minimum atomic E-state index is -1.24. The Morgan fingerprint density at radius 3 is 2.13 bits per heavy atom. The Morgan fingerprint density at radius 1 is 1.20 bits per heavy atom. The highest BCUT2D eigenvalue weighted by Crippen LogP contribution is 2.27. The first-order chi connectivity index (χ1) is 6.97. The normalized spacial score (nSPS) is 9.73. The highest BCUT2D eigenvalue weighted by atomic mass is 35.5. The van der Waals surface area contributed by atoms with Gasteiger partial charge in [-0.1, -0.05) is 11.6 Å². The highest BCUT2D eigenvalue weighted by molar-refractivity contribution is 6.34. The van der Waals surface area contributed by atoms with E-state index in [1.54, 1.807) is 0 Å². The second-order valence-electron chi connectivity index (χ2n) is 2.64. The molecule has 15 heavy (non-hydrogen) atoms. The van der Waals surface area contributed by atoms with Crippen LogP contribution in [0.3, 0.4) is 0 Å². The summed E-state index contributed by atoms with van der Waals surface area (Å²) in [6, 6.07) is 2.13. The van der Waals surface area contributed by atoms with Crippen molar-refractivity contribution in [3.8, 4) is 5.75 Å². The molecule has 0 bridgehead atoms. The van der Waals surface area contributed by atoms with Crippen LogP contribution in [-0.4, -0.2) is 29.3 Å². The molecule has 0 aliphatic rings. The van der Waals surface area contributed by atoms with Gasteiger partial charge in [0.15, 0.2) is 0 Å². The number of hydrogen-bond acceptors (Lipinski definition) is 3. The first-order valence-corrected chi connectivity index (χ1v) is 4.19. The van der Waals surface area contributed by atoms with Crippen LogP contribution in [0.4, 0.5) is 0 Å². The molecule has 6 heteroatoms. The number of carboxylic acid groups (broad SMARTS) is 2. The van der Waals surface area contributed by atoms with Crippen molar-refractivity contribution in [3.05, 3.63) is 28.3 Å². The Labute approximate surface area is 89.9 Å². The van der Waals surface area contributed by atoms with Gasteiger partial charge in [0.1, 0.15) is 11.3 Å². The maximum absolute atomic E-state index is 10.7. The molecule has 2 N–H and O–H groups in total. The third-order valence-corrected chi connectivity index (χ3v) is 2.06. The lowest BCUT2D eigenvalue weighted by Gasteiger charge is -2.07. The van der Waals surface area contributed by atoms with Gasteiger partial charge in [-0.3, -0.25) is 0 Å². The third-order valence-electron chi connectivity index (χ3n) is 1.75. The van der Waals surface area contributed by atoms with E-state index in [-0.39, 0.29) is 21.9 Å². The second kappa shape index (κ2) is 4.18. The molecule has 0 amide bonds. The molecule has 0 atom stereocenters. The zero-order chi connectivity index (χ0) is 11.6. The van der Waals surface area contributed by atoms with Crippen LogP contribution in [0.2, 0.25) is 5.02 Å². The van der Waals surface area contributed by atoms with E-state index < -0.39 is 11.9 Å². The molecule has 5 nitrogen and oxygen atoms in total. The topological polar surface area (TPSA) is 83.8 Å². The fourth-order valence-corrected chi connectivity index (χ4v) is 1.30. The molecule has 1 aromatic rings. The lowest BCUT2D eigenvalue weighted by Crippen LogP contribution is -2.04. The molecule has 0 heterocycles. The van der Waals surface area contributed by atoms with Gasteiger partial charge >= 0.3 is 11.9 Å². The third kappa shape index (κ3) is 2.19. The Kier molecular flexibility index (Phi) is 3.16. The van der Waals surface area contributed by atoms with Crippen LogP contribution in [0.5, 0.6) is 5.75 Å². The smallest absolute Gasteiger partial charge is 0.339 e. The predicted octanol–water partition coefficient (Wildman–Crippen LogP) is 1.75. The van der Waals surface area contributed by atoms with E-state index in [9.17, 15) is 9.59 Å². The van der Waals surface area contributed by atoms with E-state index >= 15 is 0 Å². The van der Waals surface area contributed by atoms with Crippen LogP contribution in [0.25, 0.3) is 0 Å². The molecule has 0 aliphatic heterocycles. The molecular weight excluding hydrogens is 224 g/mol. The second-order valence-corrected chi connectivity index (χ2v) is 3.05. The minimum absolute atomic E-state index is 0.0377. The summed E-state index contributed by atoms with van der Waals surface area (Å²) < 4.78 is 4.75. The number of hydrogen-bond donors (Lipinski definition) is 2. The van der Waals surface area contributed by atoms with Gasteiger partial charge in [0.25, 0.3) is 0 Å². The Morgan fingerprint density at radius 2 is 1.73 bits per heavy atom. The zero-order valence-electron chi connectivity index (χ0n) is 7.65. The zero-order valence-corrected chi connectivity index (χ0v) is 8.41. The number of carbonyl (C=O) groups is 2. The molecule has 1 aromatic carbocycles. The number of halogens is 1. The summed E-state index contributed by atoms with van der Waals surface area (Å²) in [4.78, 5) is 21.4. The predicted molar refractivity (Wildman–Crippen MR) is 51.9 cm³/mol. The van der Waals surface area contributed by atoms with E-state index in [1.165, 1.54) is 7.11 Å². The lowest BCUT2D eigenvalue weighted by molar-refractivity contribution is 0.0678. The molecule has 0 saturated heterocycles. The first kappa shape index (κ1) is 11.3. The summed E-state index contributed by atoms with van der Waals surface area (Å²) in [5, 5.41) is 17.4. The van der Waals surface area contributed by atoms with Gasteiger partial charge in [-0.2, -0.15) is 0 Å². The molecule has 0 unspecified atom stereocenters. The molecule has 1 rings (SSSR count). The van der Waals surface area contributed by atoms with Gasteiger partial charge < -0.3 is 14.9 Å². The molecule has 0 aliphatic carbocycles. The SMILES string of the molecule is COc1cc(C(=O)O)c(Cl)cc1C(=O)O. The first-order valence-electron chi connectivity index (χ1n) is 3.81. The van der Waals surface area contributed by atoms with Gasteiger partial charge in [0, 0.05) is 0 Å². The quantitative estimate of drug-likeness (QED) is 0.826. The Hall–Kier alpha value is -1.75. The van der Waals surface area contributed by atoms with Crippen molar-refractivity contribution in [1.82, 2.24) is 0 Å². The Bertz CT molecular complexity index is 427. The monoisotopic (exact) mass is 230 g/mol. The van der Waals surface area contributed by atoms with Gasteiger partial charge in [0.2, 0.25) is 0 Å². The Balaban J connectivity index is 3.42. The molecule has 0 spiro atoms. The molecule has 0 fully saturated rings. The van der Waals surface area contributed by atoms with Gasteiger partial charge in [-0.15, -0.1) is 0 Å². The summed E-state index contributed by atoms with van der Waals surface area (Å²) in [5.74, 6) is -2.51. The largest absolute Gasteiger partial charge is 0.496 e. The summed E-state index contributed by atoms with van der Waals surface area (Å²) >= 11 is 5.60. The van der Waals surface area contributed by atoms with Crippen LogP contribution in [0.1, 0.15) is 20.7 Å². The van der Waals surface area contributed by atoms with Gasteiger partial charge in [0.05, 0.1) is 17.7 Å². The number of aromatic carboxylic acids is 2. The minimum Gasteiger partial charge on any atom is -0.496 e. The summed E-state index contributed by atoms with van der Waals surface area (Å²) in [5.41, 5.74) is -0.369. The van der Waals surface area contributed by atoms with E-state index in [0.29, 0.717) is 0 Å². The van der Waals surface area contributed by atoms with Crippen LogP contribution >= 0.6 is 11.6 Å². The standard InChI is InChI=1S/C9H7ClO5/c1-15-7-3-4(8(11)12)6(10)2-5(7)9(13)14/h2-3H,1H3,(H,11,12)(H,13,14). The van der Waals surface area contributed by atoms with E-state index in [4.69, 9.17) is 26.6 Å². The fourth-order valence-electron chi connectivity index (χ4n) is 1.05. The van der Waals surface area contributed by atoms with Gasteiger partial charge in [-0.05, 0) is 12.1 Å².